The Morgan fingerprint density at radius 2 is 1.86 bits per heavy atom. The van der Waals surface area contributed by atoms with Crippen molar-refractivity contribution in [3.8, 4) is 0 Å². The van der Waals surface area contributed by atoms with Crippen molar-refractivity contribution in [2.75, 3.05) is 0 Å². The van der Waals surface area contributed by atoms with Gasteiger partial charge in [0.2, 0.25) is 0 Å². The lowest BCUT2D eigenvalue weighted by Crippen LogP contribution is -2.30. The third kappa shape index (κ3) is 2.31. The third-order valence-corrected chi connectivity index (χ3v) is 6.61. The summed E-state index contributed by atoms with van der Waals surface area (Å²) in [5, 5.41) is 0.776. The highest BCUT2D eigenvalue weighted by molar-refractivity contribution is 6.88. The quantitative estimate of drug-likeness (QED) is 0.700. The molecule has 1 unspecified atom stereocenters. The Hall–Kier alpha value is -1.55. The van der Waals surface area contributed by atoms with Gasteiger partial charge in [-0.2, -0.15) is 0 Å². The molecular weight excluding hydrogens is 280 g/mol. The molecule has 0 aliphatic heterocycles. The predicted octanol–water partition coefficient (Wildman–Crippen LogP) is 2.94. The highest BCUT2D eigenvalue weighted by Crippen LogP contribution is 2.42. The zero-order chi connectivity index (χ0) is 15.4. The van der Waals surface area contributed by atoms with Crippen LogP contribution in [-0.2, 0) is 14.4 Å². The van der Waals surface area contributed by atoms with E-state index in [0.29, 0.717) is 24.0 Å². The standard InChI is InChI=1S/C17H20O3Si/c1-21(2,3)17-14(19)8-11-5-4-10-6-7-12(18)9-13(10)16(20)15(11)17/h5,9-10H,4,6-8H2,1-3H3. The van der Waals surface area contributed by atoms with Crippen LogP contribution in [0.5, 0.6) is 0 Å². The van der Waals surface area contributed by atoms with E-state index in [-0.39, 0.29) is 23.3 Å². The van der Waals surface area contributed by atoms with Crippen molar-refractivity contribution in [3.05, 3.63) is 34.1 Å². The van der Waals surface area contributed by atoms with E-state index in [2.05, 4.69) is 25.7 Å². The van der Waals surface area contributed by atoms with Gasteiger partial charge in [0.1, 0.15) is 0 Å². The number of carbonyl (C=O) groups is 3. The first-order valence-electron chi connectivity index (χ1n) is 7.55. The van der Waals surface area contributed by atoms with Gasteiger partial charge in [-0.1, -0.05) is 25.7 Å². The molecule has 0 aromatic carbocycles. The van der Waals surface area contributed by atoms with Crippen LogP contribution < -0.4 is 0 Å². The van der Waals surface area contributed by atoms with Crippen molar-refractivity contribution in [2.45, 2.75) is 45.3 Å². The highest BCUT2D eigenvalue weighted by atomic mass is 28.3. The van der Waals surface area contributed by atoms with Gasteiger partial charge in [0.15, 0.2) is 17.3 Å². The van der Waals surface area contributed by atoms with E-state index in [1.54, 1.807) is 0 Å². The van der Waals surface area contributed by atoms with E-state index < -0.39 is 8.07 Å². The Morgan fingerprint density at radius 3 is 2.52 bits per heavy atom. The molecular formula is C17H20O3Si. The van der Waals surface area contributed by atoms with Gasteiger partial charge in [0.05, 0.1) is 8.07 Å². The zero-order valence-electron chi connectivity index (χ0n) is 12.8. The number of carbonyl (C=O) groups excluding carboxylic acids is 3. The molecule has 110 valence electrons. The minimum Gasteiger partial charge on any atom is -0.295 e. The lowest BCUT2D eigenvalue weighted by molar-refractivity contribution is -0.117. The maximum atomic E-state index is 13.0. The monoisotopic (exact) mass is 300 g/mol. The maximum Gasteiger partial charge on any atom is 0.189 e. The fourth-order valence-electron chi connectivity index (χ4n) is 3.64. The fraction of sp³-hybridized carbons (Fsp3) is 0.471. The molecule has 3 nitrogen and oxygen atoms in total. The first kappa shape index (κ1) is 14.4. The number of Topliss-reactive ketones (excluding diaryl/α,β-unsaturated/α-hetero) is 2. The van der Waals surface area contributed by atoms with Crippen LogP contribution in [-0.4, -0.2) is 25.4 Å². The molecule has 0 N–H and O–H groups in total. The van der Waals surface area contributed by atoms with Gasteiger partial charge >= 0.3 is 0 Å². The fourth-order valence-corrected chi connectivity index (χ4v) is 5.59. The molecule has 0 fully saturated rings. The van der Waals surface area contributed by atoms with E-state index in [0.717, 1.165) is 23.6 Å². The average Bonchev–Trinajstić information content (AvgIpc) is 2.67. The molecule has 4 heteroatoms. The number of rotatable bonds is 1. The number of fused-ring (bicyclic) bond motifs is 2. The Bertz CT molecular complexity index is 656. The Kier molecular flexibility index (Phi) is 3.24. The molecule has 0 amide bonds. The first-order valence-corrected chi connectivity index (χ1v) is 11.1. The maximum absolute atomic E-state index is 13.0. The summed E-state index contributed by atoms with van der Waals surface area (Å²) in [6.07, 6.45) is 6.03. The molecule has 3 aliphatic rings. The molecule has 0 aromatic heterocycles. The largest absolute Gasteiger partial charge is 0.295 e. The zero-order valence-corrected chi connectivity index (χ0v) is 13.8. The van der Waals surface area contributed by atoms with Gasteiger partial charge in [-0.05, 0) is 35.6 Å². The molecule has 0 bridgehead atoms. The second-order valence-corrected chi connectivity index (χ2v) is 12.2. The molecule has 0 radical (unpaired) electrons. The summed E-state index contributed by atoms with van der Waals surface area (Å²) in [5.41, 5.74) is 2.19. The molecule has 3 rings (SSSR count). The second kappa shape index (κ2) is 4.73. The van der Waals surface area contributed by atoms with Crippen LogP contribution in [0.25, 0.3) is 0 Å². The van der Waals surface area contributed by atoms with Crippen LogP contribution in [0.15, 0.2) is 34.1 Å². The second-order valence-electron chi connectivity index (χ2n) is 7.20. The van der Waals surface area contributed by atoms with Gasteiger partial charge in [-0.3, -0.25) is 14.4 Å². The van der Waals surface area contributed by atoms with Crippen molar-refractivity contribution >= 4 is 25.4 Å². The molecule has 0 saturated carbocycles. The summed E-state index contributed by atoms with van der Waals surface area (Å²) in [6.45, 7) is 6.31. The minimum atomic E-state index is -1.88. The van der Waals surface area contributed by atoms with Gasteiger partial charge in [-0.15, -0.1) is 0 Å². The van der Waals surface area contributed by atoms with Crippen molar-refractivity contribution in [1.29, 1.82) is 0 Å². The number of ketones is 3. The van der Waals surface area contributed by atoms with Crippen molar-refractivity contribution < 1.29 is 14.4 Å². The van der Waals surface area contributed by atoms with Gasteiger partial charge in [0.25, 0.3) is 0 Å². The van der Waals surface area contributed by atoms with Crippen LogP contribution in [0, 0.1) is 5.92 Å². The Labute approximate surface area is 125 Å². The van der Waals surface area contributed by atoms with E-state index in [9.17, 15) is 14.4 Å². The Morgan fingerprint density at radius 1 is 1.14 bits per heavy atom. The van der Waals surface area contributed by atoms with Crippen molar-refractivity contribution in [1.82, 2.24) is 0 Å². The van der Waals surface area contributed by atoms with Gasteiger partial charge < -0.3 is 0 Å². The smallest absolute Gasteiger partial charge is 0.189 e. The van der Waals surface area contributed by atoms with E-state index in [1.165, 1.54) is 6.08 Å². The van der Waals surface area contributed by atoms with Crippen LogP contribution >= 0.6 is 0 Å². The summed E-state index contributed by atoms with van der Waals surface area (Å²) < 4.78 is 0. The van der Waals surface area contributed by atoms with E-state index in [4.69, 9.17) is 0 Å². The molecule has 0 aromatic rings. The van der Waals surface area contributed by atoms with Crippen molar-refractivity contribution in [2.24, 2.45) is 5.92 Å². The summed E-state index contributed by atoms with van der Waals surface area (Å²) in [7, 11) is -1.88. The topological polar surface area (TPSA) is 51.2 Å². The summed E-state index contributed by atoms with van der Waals surface area (Å²) in [6, 6.07) is 0. The Balaban J connectivity index is 2.19. The first-order chi connectivity index (χ1) is 9.79. The molecule has 0 heterocycles. The summed E-state index contributed by atoms with van der Waals surface area (Å²) in [5.74, 6) is 0.251. The minimum absolute atomic E-state index is 0.0394. The van der Waals surface area contributed by atoms with E-state index >= 15 is 0 Å². The number of allylic oxidation sites excluding steroid dienone is 6. The normalized spacial score (nSPS) is 26.2. The molecule has 1 atom stereocenters. The summed E-state index contributed by atoms with van der Waals surface area (Å²) >= 11 is 0. The SMILES string of the molecule is C[Si](C)(C)C1=C2C(=O)C3=CC(=O)CCC3CC=C2CC1=O. The van der Waals surface area contributed by atoms with Gasteiger partial charge in [-0.25, -0.2) is 0 Å². The van der Waals surface area contributed by atoms with Crippen LogP contribution in [0.1, 0.15) is 25.7 Å². The molecule has 0 spiro atoms. The van der Waals surface area contributed by atoms with Crippen LogP contribution in [0.3, 0.4) is 0 Å². The third-order valence-electron chi connectivity index (χ3n) is 4.58. The average molecular weight is 300 g/mol. The van der Waals surface area contributed by atoms with Crippen molar-refractivity contribution in [3.63, 3.8) is 0 Å². The van der Waals surface area contributed by atoms with E-state index in [1.807, 2.05) is 0 Å². The lowest BCUT2D eigenvalue weighted by Gasteiger charge is -2.22. The van der Waals surface area contributed by atoms with Crippen LogP contribution in [0.2, 0.25) is 19.6 Å². The lowest BCUT2D eigenvalue weighted by atomic mass is 9.83. The summed E-state index contributed by atoms with van der Waals surface area (Å²) in [4.78, 5) is 37.0. The predicted molar refractivity (Wildman–Crippen MR) is 83.5 cm³/mol. The number of hydrogen-bond donors (Lipinski definition) is 0. The molecule has 0 saturated heterocycles. The highest BCUT2D eigenvalue weighted by Gasteiger charge is 2.42. The molecule has 3 aliphatic carbocycles. The number of hydrogen-bond acceptors (Lipinski definition) is 3. The van der Waals surface area contributed by atoms with Gasteiger partial charge in [0, 0.05) is 24.0 Å². The molecule has 21 heavy (non-hydrogen) atoms. The van der Waals surface area contributed by atoms with Crippen LogP contribution in [0.4, 0.5) is 0 Å².